The summed E-state index contributed by atoms with van der Waals surface area (Å²) < 4.78 is 5.21. The molecular formula is C28H28N2O3. The number of hydrogen-bond donors (Lipinski definition) is 1. The Labute approximate surface area is 194 Å². The largest absolute Gasteiger partial charge is 0.497 e. The number of ether oxygens (including phenoxy) is 1. The third kappa shape index (κ3) is 4.40. The van der Waals surface area contributed by atoms with Gasteiger partial charge in [0.15, 0.2) is 0 Å². The van der Waals surface area contributed by atoms with Crippen LogP contribution in [0.5, 0.6) is 5.75 Å². The van der Waals surface area contributed by atoms with Crippen molar-refractivity contribution in [1.82, 2.24) is 4.90 Å². The van der Waals surface area contributed by atoms with Gasteiger partial charge in [-0.05, 0) is 73.7 Å². The van der Waals surface area contributed by atoms with E-state index in [0.717, 1.165) is 44.8 Å². The number of hydrogen-bond acceptors (Lipinski definition) is 4. The molecule has 0 aromatic heterocycles. The maximum atomic E-state index is 13.6. The van der Waals surface area contributed by atoms with Crippen LogP contribution in [-0.4, -0.2) is 23.8 Å². The molecule has 0 bridgehead atoms. The number of amides is 2. The van der Waals surface area contributed by atoms with Crippen molar-refractivity contribution in [2.75, 3.05) is 12.4 Å². The van der Waals surface area contributed by atoms with Gasteiger partial charge in [-0.15, -0.1) is 0 Å². The molecule has 0 fully saturated rings. The maximum Gasteiger partial charge on any atom is 0.278 e. The van der Waals surface area contributed by atoms with Crippen molar-refractivity contribution in [1.29, 1.82) is 0 Å². The number of imide groups is 1. The number of rotatable bonds is 6. The minimum atomic E-state index is -0.330. The average molecular weight is 441 g/mol. The van der Waals surface area contributed by atoms with E-state index in [0.29, 0.717) is 11.3 Å². The molecule has 0 saturated heterocycles. The van der Waals surface area contributed by atoms with E-state index in [1.807, 2.05) is 82.3 Å². The van der Waals surface area contributed by atoms with Crippen molar-refractivity contribution in [3.05, 3.63) is 99.7 Å². The van der Waals surface area contributed by atoms with E-state index in [-0.39, 0.29) is 18.4 Å². The topological polar surface area (TPSA) is 58.6 Å². The molecule has 0 unspecified atom stereocenters. The molecule has 0 spiro atoms. The zero-order valence-corrected chi connectivity index (χ0v) is 19.7. The fourth-order valence-corrected chi connectivity index (χ4v) is 4.00. The maximum absolute atomic E-state index is 13.6. The van der Waals surface area contributed by atoms with E-state index in [9.17, 15) is 9.59 Å². The third-order valence-corrected chi connectivity index (χ3v) is 6.10. The molecule has 1 aliphatic rings. The molecule has 3 aromatic rings. The van der Waals surface area contributed by atoms with E-state index in [4.69, 9.17) is 4.74 Å². The smallest absolute Gasteiger partial charge is 0.278 e. The highest BCUT2D eigenvalue weighted by Gasteiger charge is 2.39. The van der Waals surface area contributed by atoms with Crippen LogP contribution in [0.15, 0.2) is 66.4 Å². The molecule has 1 aliphatic heterocycles. The summed E-state index contributed by atoms with van der Waals surface area (Å²) in [5.41, 5.74) is 7.46. The predicted molar refractivity (Wildman–Crippen MR) is 131 cm³/mol. The number of carbonyl (C=O) groups is 2. The quantitative estimate of drug-likeness (QED) is 0.527. The first-order valence-electron chi connectivity index (χ1n) is 10.9. The van der Waals surface area contributed by atoms with Crippen LogP contribution < -0.4 is 10.1 Å². The normalized spacial score (nSPS) is 13.7. The second kappa shape index (κ2) is 8.94. The first-order valence-corrected chi connectivity index (χ1v) is 10.9. The van der Waals surface area contributed by atoms with Gasteiger partial charge in [0.05, 0.1) is 19.2 Å². The molecule has 168 valence electrons. The Hall–Kier alpha value is -3.86. The van der Waals surface area contributed by atoms with Gasteiger partial charge in [0.25, 0.3) is 11.8 Å². The monoisotopic (exact) mass is 440 g/mol. The van der Waals surface area contributed by atoms with Gasteiger partial charge in [0.1, 0.15) is 11.4 Å². The van der Waals surface area contributed by atoms with Gasteiger partial charge < -0.3 is 10.1 Å². The lowest BCUT2D eigenvalue weighted by Crippen LogP contribution is -2.32. The number of nitrogens with one attached hydrogen (secondary N) is 1. The van der Waals surface area contributed by atoms with Crippen molar-refractivity contribution >= 4 is 23.1 Å². The molecule has 3 aromatic carbocycles. The molecule has 4 rings (SSSR count). The Bertz CT molecular complexity index is 1270. The van der Waals surface area contributed by atoms with E-state index < -0.39 is 0 Å². The van der Waals surface area contributed by atoms with Crippen molar-refractivity contribution in [3.63, 3.8) is 0 Å². The minimum Gasteiger partial charge on any atom is -0.497 e. The summed E-state index contributed by atoms with van der Waals surface area (Å²) in [7, 11) is 1.60. The molecule has 33 heavy (non-hydrogen) atoms. The Balaban J connectivity index is 1.75. The van der Waals surface area contributed by atoms with Crippen LogP contribution in [0.4, 0.5) is 5.69 Å². The molecule has 0 aliphatic carbocycles. The number of methoxy groups -OCH3 is 1. The van der Waals surface area contributed by atoms with E-state index in [1.54, 1.807) is 7.11 Å². The zero-order valence-electron chi connectivity index (χ0n) is 19.7. The van der Waals surface area contributed by atoms with Gasteiger partial charge >= 0.3 is 0 Å². The number of nitrogens with zero attached hydrogens (tertiary/aromatic N) is 1. The first-order chi connectivity index (χ1) is 15.8. The van der Waals surface area contributed by atoms with E-state index >= 15 is 0 Å². The minimum absolute atomic E-state index is 0.189. The zero-order chi connectivity index (χ0) is 23.7. The molecule has 0 atom stereocenters. The number of aryl methyl sites for hydroxylation is 4. The van der Waals surface area contributed by atoms with Crippen LogP contribution in [0.25, 0.3) is 5.57 Å². The summed E-state index contributed by atoms with van der Waals surface area (Å²) in [5, 5.41) is 3.28. The number of carbonyl (C=O) groups excluding carboxylic acids is 2. The standard InChI is InChI=1S/C28H28N2O3/c1-17-6-13-24(20(4)14-17)29-26-25(22-10-7-18(2)19(3)15-22)27(31)30(28(26)32)16-21-8-11-23(33-5)12-9-21/h6-15,29H,16H2,1-5H3. The summed E-state index contributed by atoms with van der Waals surface area (Å²) in [6, 6.07) is 19.2. The Kier molecular flexibility index (Phi) is 6.05. The summed E-state index contributed by atoms with van der Waals surface area (Å²) >= 11 is 0. The van der Waals surface area contributed by atoms with Gasteiger partial charge in [0, 0.05) is 5.69 Å². The van der Waals surface area contributed by atoms with Gasteiger partial charge in [-0.1, -0.05) is 48.0 Å². The van der Waals surface area contributed by atoms with E-state index in [1.165, 1.54) is 4.90 Å². The number of benzene rings is 3. The second-order valence-electron chi connectivity index (χ2n) is 8.54. The summed E-state index contributed by atoms with van der Waals surface area (Å²) in [6.07, 6.45) is 0. The van der Waals surface area contributed by atoms with Crippen LogP contribution in [-0.2, 0) is 16.1 Å². The Morgan fingerprint density at radius 2 is 1.52 bits per heavy atom. The van der Waals surface area contributed by atoms with Crippen LogP contribution in [0.2, 0.25) is 0 Å². The second-order valence-corrected chi connectivity index (χ2v) is 8.54. The van der Waals surface area contributed by atoms with Crippen LogP contribution in [0, 0.1) is 27.7 Å². The Morgan fingerprint density at radius 1 is 0.788 bits per heavy atom. The van der Waals surface area contributed by atoms with Crippen LogP contribution >= 0.6 is 0 Å². The highest BCUT2D eigenvalue weighted by atomic mass is 16.5. The first kappa shape index (κ1) is 22.3. The average Bonchev–Trinajstić information content (AvgIpc) is 3.02. The Morgan fingerprint density at radius 3 is 2.15 bits per heavy atom. The highest BCUT2D eigenvalue weighted by Crippen LogP contribution is 2.33. The van der Waals surface area contributed by atoms with Gasteiger partial charge in [0.2, 0.25) is 0 Å². The van der Waals surface area contributed by atoms with Gasteiger partial charge in [-0.25, -0.2) is 0 Å². The van der Waals surface area contributed by atoms with Gasteiger partial charge in [-0.3, -0.25) is 14.5 Å². The molecule has 1 N–H and O–H groups in total. The fourth-order valence-electron chi connectivity index (χ4n) is 4.00. The molecular weight excluding hydrogens is 412 g/mol. The van der Waals surface area contributed by atoms with Crippen molar-refractivity contribution in [2.45, 2.75) is 34.2 Å². The lowest BCUT2D eigenvalue weighted by Gasteiger charge is -2.16. The molecule has 0 radical (unpaired) electrons. The fraction of sp³-hybridized carbons (Fsp3) is 0.214. The molecule has 5 heteroatoms. The van der Waals surface area contributed by atoms with Gasteiger partial charge in [-0.2, -0.15) is 0 Å². The van der Waals surface area contributed by atoms with Crippen molar-refractivity contribution in [3.8, 4) is 5.75 Å². The van der Waals surface area contributed by atoms with E-state index in [2.05, 4.69) is 11.4 Å². The summed E-state index contributed by atoms with van der Waals surface area (Å²) in [4.78, 5) is 28.4. The van der Waals surface area contributed by atoms with Crippen LogP contribution in [0.1, 0.15) is 33.4 Å². The molecule has 0 saturated carbocycles. The highest BCUT2D eigenvalue weighted by molar-refractivity contribution is 6.36. The SMILES string of the molecule is COc1ccc(CN2C(=O)C(Nc3ccc(C)cc3C)=C(c3ccc(C)c(C)c3)C2=O)cc1. The van der Waals surface area contributed by atoms with Crippen LogP contribution in [0.3, 0.4) is 0 Å². The third-order valence-electron chi connectivity index (χ3n) is 6.10. The predicted octanol–water partition coefficient (Wildman–Crippen LogP) is 5.32. The summed E-state index contributed by atoms with van der Waals surface area (Å²) in [6.45, 7) is 8.24. The molecule has 5 nitrogen and oxygen atoms in total. The van der Waals surface area contributed by atoms with Crippen molar-refractivity contribution in [2.24, 2.45) is 0 Å². The molecule has 2 amide bonds. The lowest BCUT2D eigenvalue weighted by atomic mass is 9.99. The molecule has 1 heterocycles. The van der Waals surface area contributed by atoms with Crippen molar-refractivity contribution < 1.29 is 14.3 Å². The lowest BCUT2D eigenvalue weighted by molar-refractivity contribution is -0.137. The number of anilines is 1. The summed E-state index contributed by atoms with van der Waals surface area (Å²) in [5.74, 6) is 0.0966.